The van der Waals surface area contributed by atoms with Crippen molar-refractivity contribution >= 4 is 38.6 Å². The fourth-order valence-corrected chi connectivity index (χ4v) is 3.20. The molecule has 1 aromatic heterocycles. The quantitative estimate of drug-likeness (QED) is 0.753. The molecule has 102 valence electrons. The molecule has 3 rings (SSSR count). The molecule has 1 saturated heterocycles. The summed E-state index contributed by atoms with van der Waals surface area (Å²) in [7, 11) is 0. The van der Waals surface area contributed by atoms with Gasteiger partial charge in [0.1, 0.15) is 5.82 Å². The first-order valence-corrected chi connectivity index (χ1v) is 7.79. The SMILES string of the molecule is CC(Cl)c1nc2ccc(Br)cc2n1C1CCOCC1. The van der Waals surface area contributed by atoms with Crippen LogP contribution in [-0.4, -0.2) is 22.8 Å². The summed E-state index contributed by atoms with van der Waals surface area (Å²) in [5, 5.41) is -0.0889. The van der Waals surface area contributed by atoms with Gasteiger partial charge >= 0.3 is 0 Å². The van der Waals surface area contributed by atoms with Gasteiger partial charge in [0.15, 0.2) is 0 Å². The predicted molar refractivity (Wildman–Crippen MR) is 80.8 cm³/mol. The lowest BCUT2D eigenvalue weighted by atomic mass is 10.1. The number of imidazole rings is 1. The zero-order valence-electron chi connectivity index (χ0n) is 10.8. The summed E-state index contributed by atoms with van der Waals surface area (Å²) in [6.07, 6.45) is 2.04. The molecule has 1 atom stereocenters. The third-order valence-corrected chi connectivity index (χ3v) is 4.28. The van der Waals surface area contributed by atoms with E-state index in [2.05, 4.69) is 26.6 Å². The summed E-state index contributed by atoms with van der Waals surface area (Å²) in [6.45, 7) is 3.61. The van der Waals surface area contributed by atoms with E-state index in [0.29, 0.717) is 6.04 Å². The van der Waals surface area contributed by atoms with Crippen molar-refractivity contribution in [3.05, 3.63) is 28.5 Å². The highest BCUT2D eigenvalue weighted by molar-refractivity contribution is 9.10. The van der Waals surface area contributed by atoms with E-state index in [1.807, 2.05) is 19.1 Å². The fourth-order valence-electron chi connectivity index (χ4n) is 2.69. The van der Waals surface area contributed by atoms with Gasteiger partial charge in [0.2, 0.25) is 0 Å². The lowest BCUT2D eigenvalue weighted by molar-refractivity contribution is 0.0698. The molecule has 0 radical (unpaired) electrons. The Kier molecular flexibility index (Phi) is 3.83. The van der Waals surface area contributed by atoms with E-state index in [9.17, 15) is 0 Å². The number of ether oxygens (including phenoxy) is 1. The van der Waals surface area contributed by atoms with E-state index in [1.165, 1.54) is 0 Å². The van der Waals surface area contributed by atoms with Crippen molar-refractivity contribution in [2.75, 3.05) is 13.2 Å². The van der Waals surface area contributed by atoms with E-state index in [1.54, 1.807) is 0 Å². The summed E-state index contributed by atoms with van der Waals surface area (Å²) < 4.78 is 8.84. The lowest BCUT2D eigenvalue weighted by Crippen LogP contribution is -2.21. The highest BCUT2D eigenvalue weighted by atomic mass is 79.9. The van der Waals surface area contributed by atoms with Crippen molar-refractivity contribution in [2.45, 2.75) is 31.2 Å². The molecule has 3 nitrogen and oxygen atoms in total. The van der Waals surface area contributed by atoms with Gasteiger partial charge < -0.3 is 9.30 Å². The summed E-state index contributed by atoms with van der Waals surface area (Å²) in [5.41, 5.74) is 2.17. The summed E-state index contributed by atoms with van der Waals surface area (Å²) in [6, 6.07) is 6.62. The first kappa shape index (κ1) is 13.4. The molecular formula is C14H16BrClN2O. The maximum Gasteiger partial charge on any atom is 0.127 e. The highest BCUT2D eigenvalue weighted by Gasteiger charge is 2.23. The monoisotopic (exact) mass is 342 g/mol. The van der Waals surface area contributed by atoms with Gasteiger partial charge in [0, 0.05) is 23.7 Å². The Labute approximate surface area is 126 Å². The first-order valence-electron chi connectivity index (χ1n) is 6.56. The van der Waals surface area contributed by atoms with Crippen LogP contribution in [0.4, 0.5) is 0 Å². The van der Waals surface area contributed by atoms with Crippen LogP contribution >= 0.6 is 27.5 Å². The van der Waals surface area contributed by atoms with E-state index in [-0.39, 0.29) is 5.38 Å². The molecule has 0 saturated carbocycles. The molecule has 1 unspecified atom stereocenters. The Morgan fingerprint density at radius 3 is 2.84 bits per heavy atom. The van der Waals surface area contributed by atoms with Gasteiger partial charge in [-0.1, -0.05) is 15.9 Å². The average Bonchev–Trinajstić information content (AvgIpc) is 2.78. The largest absolute Gasteiger partial charge is 0.381 e. The summed E-state index contributed by atoms with van der Waals surface area (Å²) in [4.78, 5) is 4.70. The number of aromatic nitrogens is 2. The van der Waals surface area contributed by atoms with Crippen LogP contribution in [0, 0.1) is 0 Å². The second-order valence-corrected chi connectivity index (χ2v) is 6.50. The number of benzene rings is 1. The first-order chi connectivity index (χ1) is 9.16. The van der Waals surface area contributed by atoms with Crippen molar-refractivity contribution in [3.8, 4) is 0 Å². The van der Waals surface area contributed by atoms with E-state index in [0.717, 1.165) is 47.4 Å². The number of nitrogens with zero attached hydrogens (tertiary/aromatic N) is 2. The van der Waals surface area contributed by atoms with Crippen molar-refractivity contribution in [1.82, 2.24) is 9.55 Å². The van der Waals surface area contributed by atoms with Crippen LogP contribution in [0.5, 0.6) is 0 Å². The number of hydrogen-bond acceptors (Lipinski definition) is 2. The molecule has 2 aromatic rings. The number of alkyl halides is 1. The Balaban J connectivity index is 2.17. The van der Waals surface area contributed by atoms with Gasteiger partial charge in [-0.3, -0.25) is 0 Å². The lowest BCUT2D eigenvalue weighted by Gasteiger charge is -2.26. The van der Waals surface area contributed by atoms with Gasteiger partial charge in [-0.2, -0.15) is 0 Å². The molecule has 1 aromatic carbocycles. The molecule has 1 fully saturated rings. The van der Waals surface area contributed by atoms with E-state index in [4.69, 9.17) is 21.3 Å². The van der Waals surface area contributed by atoms with Gasteiger partial charge in [-0.05, 0) is 38.0 Å². The molecule has 1 aliphatic rings. The van der Waals surface area contributed by atoms with Crippen LogP contribution in [0.2, 0.25) is 0 Å². The van der Waals surface area contributed by atoms with Crippen molar-refractivity contribution in [2.24, 2.45) is 0 Å². The van der Waals surface area contributed by atoms with Crippen LogP contribution < -0.4 is 0 Å². The number of fused-ring (bicyclic) bond motifs is 1. The summed E-state index contributed by atoms with van der Waals surface area (Å²) >= 11 is 9.85. The molecule has 5 heteroatoms. The van der Waals surface area contributed by atoms with Crippen LogP contribution in [0.25, 0.3) is 11.0 Å². The van der Waals surface area contributed by atoms with Crippen molar-refractivity contribution in [3.63, 3.8) is 0 Å². The highest BCUT2D eigenvalue weighted by Crippen LogP contribution is 2.33. The fraction of sp³-hybridized carbons (Fsp3) is 0.500. The Hall–Kier alpha value is -0.580. The topological polar surface area (TPSA) is 27.1 Å². The minimum atomic E-state index is -0.0889. The molecule has 19 heavy (non-hydrogen) atoms. The minimum Gasteiger partial charge on any atom is -0.381 e. The van der Waals surface area contributed by atoms with Gasteiger partial charge in [-0.15, -0.1) is 11.6 Å². The second kappa shape index (κ2) is 5.43. The molecule has 0 N–H and O–H groups in total. The van der Waals surface area contributed by atoms with Crippen molar-refractivity contribution in [1.29, 1.82) is 0 Å². The Bertz CT molecular complexity index is 590. The molecule has 0 bridgehead atoms. The zero-order chi connectivity index (χ0) is 13.4. The van der Waals surface area contributed by atoms with Gasteiger partial charge in [0.25, 0.3) is 0 Å². The Morgan fingerprint density at radius 2 is 2.16 bits per heavy atom. The number of halogens is 2. The number of rotatable bonds is 2. The van der Waals surface area contributed by atoms with Crippen LogP contribution in [0.1, 0.15) is 37.0 Å². The summed E-state index contributed by atoms with van der Waals surface area (Å²) in [5.74, 6) is 0.960. The van der Waals surface area contributed by atoms with Crippen molar-refractivity contribution < 1.29 is 4.74 Å². The molecule has 1 aliphatic heterocycles. The van der Waals surface area contributed by atoms with E-state index < -0.39 is 0 Å². The van der Waals surface area contributed by atoms with Crippen LogP contribution in [-0.2, 0) is 4.74 Å². The van der Waals surface area contributed by atoms with E-state index >= 15 is 0 Å². The van der Waals surface area contributed by atoms with Crippen LogP contribution in [0.15, 0.2) is 22.7 Å². The molecule has 0 aliphatic carbocycles. The maximum atomic E-state index is 6.31. The standard InChI is InChI=1S/C14H16BrClN2O/c1-9(16)14-17-12-3-2-10(15)8-13(12)18(14)11-4-6-19-7-5-11/h2-3,8-9,11H,4-7H2,1H3. The normalized spacial score (nSPS) is 18.9. The molecule has 0 spiro atoms. The zero-order valence-corrected chi connectivity index (χ0v) is 13.1. The third-order valence-electron chi connectivity index (χ3n) is 3.59. The van der Waals surface area contributed by atoms with Crippen LogP contribution in [0.3, 0.4) is 0 Å². The minimum absolute atomic E-state index is 0.0889. The van der Waals surface area contributed by atoms with Gasteiger partial charge in [0.05, 0.1) is 16.4 Å². The Morgan fingerprint density at radius 1 is 1.42 bits per heavy atom. The second-order valence-electron chi connectivity index (χ2n) is 4.93. The average molecular weight is 344 g/mol. The predicted octanol–water partition coefficient (Wildman–Crippen LogP) is 4.45. The third kappa shape index (κ3) is 2.54. The maximum absolute atomic E-state index is 6.31. The molecular weight excluding hydrogens is 328 g/mol. The van der Waals surface area contributed by atoms with Gasteiger partial charge in [-0.25, -0.2) is 4.98 Å². The molecule has 2 heterocycles. The number of hydrogen-bond donors (Lipinski definition) is 0. The molecule has 0 amide bonds. The smallest absolute Gasteiger partial charge is 0.127 e.